The first kappa shape index (κ1) is 27.4. The Morgan fingerprint density at radius 3 is 2.34 bits per heavy atom. The van der Waals surface area contributed by atoms with Gasteiger partial charge in [-0.1, -0.05) is 0 Å². The first-order chi connectivity index (χ1) is 18.2. The summed E-state index contributed by atoms with van der Waals surface area (Å²) in [5.41, 5.74) is 1.24. The first-order valence-electron chi connectivity index (χ1n) is 11.7. The lowest BCUT2D eigenvalue weighted by Gasteiger charge is -2.24. The van der Waals surface area contributed by atoms with Gasteiger partial charge in [0.1, 0.15) is 17.4 Å². The first-order valence-corrected chi connectivity index (χ1v) is 14.0. The number of sulfonamides is 1. The summed E-state index contributed by atoms with van der Waals surface area (Å²) in [7, 11) is -0.252. The summed E-state index contributed by atoms with van der Waals surface area (Å²) < 4.78 is 57.4. The van der Waals surface area contributed by atoms with E-state index in [9.17, 15) is 22.4 Å². The third-order valence-corrected chi connectivity index (χ3v) is 9.14. The monoisotopic (exact) mass is 562 g/mol. The summed E-state index contributed by atoms with van der Waals surface area (Å²) in [6.07, 6.45) is 3.38. The fourth-order valence-corrected chi connectivity index (χ4v) is 7.03. The number of anilines is 2. The lowest BCUT2D eigenvalue weighted by atomic mass is 9.95. The number of aryl methyl sites for hydroxylation is 1. The highest BCUT2D eigenvalue weighted by Crippen LogP contribution is 2.39. The zero-order valence-electron chi connectivity index (χ0n) is 21.1. The number of fused-ring (bicyclic) bond motifs is 1. The maximum Gasteiger partial charge on any atom is 0.341 e. The van der Waals surface area contributed by atoms with E-state index in [2.05, 4.69) is 5.32 Å². The van der Waals surface area contributed by atoms with Gasteiger partial charge in [0.25, 0.3) is 10.0 Å². The summed E-state index contributed by atoms with van der Waals surface area (Å²) in [5, 5.41) is 3.03. The van der Waals surface area contributed by atoms with E-state index in [4.69, 9.17) is 14.2 Å². The summed E-state index contributed by atoms with van der Waals surface area (Å²) in [4.78, 5) is 26.7. The van der Waals surface area contributed by atoms with Crippen LogP contribution < -0.4 is 19.1 Å². The van der Waals surface area contributed by atoms with Crippen LogP contribution in [0.4, 0.5) is 15.1 Å². The van der Waals surface area contributed by atoms with Crippen molar-refractivity contribution in [3.05, 3.63) is 64.3 Å². The summed E-state index contributed by atoms with van der Waals surface area (Å²) in [5.74, 6) is -1.29. The summed E-state index contributed by atoms with van der Waals surface area (Å²) in [6.45, 7) is -0.633. The van der Waals surface area contributed by atoms with Gasteiger partial charge in [-0.2, -0.15) is 0 Å². The molecule has 0 saturated heterocycles. The van der Waals surface area contributed by atoms with Gasteiger partial charge in [0, 0.05) is 10.9 Å². The number of benzene rings is 2. The van der Waals surface area contributed by atoms with E-state index in [1.54, 1.807) is 0 Å². The molecule has 0 fully saturated rings. The Kier molecular flexibility index (Phi) is 8.22. The van der Waals surface area contributed by atoms with Gasteiger partial charge in [-0.3, -0.25) is 9.10 Å². The van der Waals surface area contributed by atoms with Gasteiger partial charge in [0.05, 0.1) is 37.5 Å². The number of hydrogen-bond acceptors (Lipinski definition) is 8. The number of hydrogen-bond donors (Lipinski definition) is 1. The molecule has 3 aromatic rings. The lowest BCUT2D eigenvalue weighted by molar-refractivity contribution is -0.114. The highest BCUT2D eigenvalue weighted by molar-refractivity contribution is 7.92. The topological polar surface area (TPSA) is 111 Å². The molecule has 1 amide bonds. The molecule has 1 aromatic heterocycles. The maximum atomic E-state index is 13.7. The van der Waals surface area contributed by atoms with Crippen LogP contribution in [-0.4, -0.2) is 48.2 Å². The second-order valence-corrected chi connectivity index (χ2v) is 11.4. The van der Waals surface area contributed by atoms with Crippen LogP contribution in [0.3, 0.4) is 0 Å². The molecule has 1 aliphatic carbocycles. The number of nitrogens with one attached hydrogen (secondary N) is 1. The van der Waals surface area contributed by atoms with E-state index in [1.807, 2.05) is 0 Å². The van der Waals surface area contributed by atoms with Gasteiger partial charge in [-0.05, 0) is 67.6 Å². The van der Waals surface area contributed by atoms with Gasteiger partial charge >= 0.3 is 5.97 Å². The fraction of sp³-hybridized carbons (Fsp3) is 0.308. The molecule has 12 heteroatoms. The minimum absolute atomic E-state index is 0.0787. The van der Waals surface area contributed by atoms with E-state index in [1.165, 1.54) is 63.0 Å². The van der Waals surface area contributed by atoms with Crippen molar-refractivity contribution >= 4 is 43.9 Å². The smallest absolute Gasteiger partial charge is 0.341 e. The van der Waals surface area contributed by atoms with E-state index in [0.29, 0.717) is 22.7 Å². The predicted molar refractivity (Wildman–Crippen MR) is 141 cm³/mol. The van der Waals surface area contributed by atoms with E-state index in [0.717, 1.165) is 46.1 Å². The van der Waals surface area contributed by atoms with Crippen molar-refractivity contribution < 1.29 is 36.6 Å². The van der Waals surface area contributed by atoms with E-state index >= 15 is 0 Å². The van der Waals surface area contributed by atoms with Crippen molar-refractivity contribution in [2.75, 3.05) is 37.5 Å². The van der Waals surface area contributed by atoms with Crippen LogP contribution in [0.15, 0.2) is 47.4 Å². The summed E-state index contributed by atoms with van der Waals surface area (Å²) >= 11 is 1.29. The molecule has 1 N–H and O–H groups in total. The minimum Gasteiger partial charge on any atom is -0.493 e. The highest BCUT2D eigenvalue weighted by atomic mass is 32.2. The van der Waals surface area contributed by atoms with Crippen LogP contribution in [0.25, 0.3) is 0 Å². The van der Waals surface area contributed by atoms with Gasteiger partial charge in [-0.15, -0.1) is 11.3 Å². The van der Waals surface area contributed by atoms with Crippen molar-refractivity contribution in [1.82, 2.24) is 0 Å². The number of carbonyl (C=O) groups is 2. The van der Waals surface area contributed by atoms with Gasteiger partial charge < -0.3 is 19.5 Å². The van der Waals surface area contributed by atoms with E-state index in [-0.39, 0.29) is 16.3 Å². The molecule has 1 heterocycles. The number of methoxy groups -OCH3 is 3. The summed E-state index contributed by atoms with van der Waals surface area (Å²) in [6, 6.07) is 8.79. The molecule has 0 radical (unpaired) electrons. The molecule has 0 atom stereocenters. The molecular formula is C26H27FN2O7S2. The number of carbonyl (C=O) groups excluding carboxylic acids is 2. The molecule has 0 bridgehead atoms. The van der Waals surface area contributed by atoms with Gasteiger partial charge in [-0.25, -0.2) is 17.6 Å². The van der Waals surface area contributed by atoms with Crippen LogP contribution in [-0.2, 0) is 32.4 Å². The number of amides is 1. The number of esters is 1. The minimum atomic E-state index is -4.32. The molecular weight excluding hydrogens is 535 g/mol. The zero-order chi connectivity index (χ0) is 27.4. The quantitative estimate of drug-likeness (QED) is 0.385. The molecule has 1 aliphatic rings. The molecule has 4 rings (SSSR count). The van der Waals surface area contributed by atoms with Crippen LogP contribution in [0.2, 0.25) is 0 Å². The molecule has 38 heavy (non-hydrogen) atoms. The van der Waals surface area contributed by atoms with Crippen LogP contribution in [0.1, 0.15) is 33.6 Å². The van der Waals surface area contributed by atoms with Crippen LogP contribution in [0, 0.1) is 5.82 Å². The number of ether oxygens (including phenoxy) is 3. The van der Waals surface area contributed by atoms with Crippen LogP contribution in [0.5, 0.6) is 11.5 Å². The number of nitrogens with zero attached hydrogens (tertiary/aromatic N) is 1. The average molecular weight is 563 g/mol. The molecule has 2 aromatic carbocycles. The van der Waals surface area contributed by atoms with Crippen molar-refractivity contribution in [3.63, 3.8) is 0 Å². The van der Waals surface area contributed by atoms with Gasteiger partial charge in [0.15, 0.2) is 11.5 Å². The van der Waals surface area contributed by atoms with Crippen molar-refractivity contribution in [2.24, 2.45) is 0 Å². The molecule has 0 saturated carbocycles. The molecule has 9 nitrogen and oxygen atoms in total. The Balaban J connectivity index is 1.70. The molecule has 0 unspecified atom stereocenters. The molecule has 202 valence electrons. The average Bonchev–Trinajstić information content (AvgIpc) is 3.28. The van der Waals surface area contributed by atoms with Crippen molar-refractivity contribution in [2.45, 2.75) is 30.6 Å². The third-order valence-electron chi connectivity index (χ3n) is 6.16. The Labute approximate surface area is 224 Å². The largest absolute Gasteiger partial charge is 0.493 e. The number of halogens is 1. The van der Waals surface area contributed by atoms with Crippen LogP contribution >= 0.6 is 11.3 Å². The van der Waals surface area contributed by atoms with Crippen molar-refractivity contribution in [3.8, 4) is 11.5 Å². The number of rotatable bonds is 9. The number of thiophene rings is 1. The Hall–Kier alpha value is -3.64. The Morgan fingerprint density at radius 1 is 1.00 bits per heavy atom. The zero-order valence-corrected chi connectivity index (χ0v) is 22.7. The molecule has 0 spiro atoms. The maximum absolute atomic E-state index is 13.7. The van der Waals surface area contributed by atoms with E-state index < -0.39 is 34.3 Å². The standard InChI is InChI=1S/C26H27FN2O7S2/c1-34-20-13-12-18(14-21(20)35-2)38(32,33)29(17-10-8-16(27)9-11-17)15-23(30)28-25-24(26(31)36-3)19-6-4-5-7-22(19)37-25/h8-14H,4-7,15H2,1-3H3,(H,28,30). The highest BCUT2D eigenvalue weighted by Gasteiger charge is 2.31. The van der Waals surface area contributed by atoms with Gasteiger partial charge in [0.2, 0.25) is 5.91 Å². The SMILES string of the molecule is COC(=O)c1c(NC(=O)CN(c2ccc(F)cc2)S(=O)(=O)c2ccc(OC)c(OC)c2)sc2c1CCCC2. The second kappa shape index (κ2) is 11.4. The lowest BCUT2D eigenvalue weighted by Crippen LogP contribution is -2.38. The Bertz CT molecular complexity index is 1450. The predicted octanol–water partition coefficient (Wildman–Crippen LogP) is 4.40. The molecule has 0 aliphatic heterocycles. The fourth-order valence-electron chi connectivity index (χ4n) is 4.30. The third kappa shape index (κ3) is 5.46. The Morgan fingerprint density at radius 2 is 1.68 bits per heavy atom. The van der Waals surface area contributed by atoms with Crippen molar-refractivity contribution in [1.29, 1.82) is 0 Å². The normalized spacial score (nSPS) is 12.8. The second-order valence-electron chi connectivity index (χ2n) is 8.46.